The zero-order valence-electron chi connectivity index (χ0n) is 15.6. The van der Waals surface area contributed by atoms with Gasteiger partial charge in [-0.2, -0.15) is 0 Å². The molecule has 0 bridgehead atoms. The standard InChI is InChI=1S/C17H22N4O4S2/c1-10(2)7-14(22)19-16-20-21-17(27-16)26-9-15(23)18-11-5-6-12(24-3)13(8-11)25-4/h5-6,8,10H,7,9H2,1-4H3,(H,18,23)(H,19,20,22). The number of rotatable bonds is 9. The van der Waals surface area contributed by atoms with E-state index in [4.69, 9.17) is 9.47 Å². The van der Waals surface area contributed by atoms with Crippen LogP contribution in [0.1, 0.15) is 20.3 Å². The van der Waals surface area contributed by atoms with Gasteiger partial charge in [-0.25, -0.2) is 0 Å². The van der Waals surface area contributed by atoms with Crippen molar-refractivity contribution in [2.24, 2.45) is 5.92 Å². The fraction of sp³-hybridized carbons (Fsp3) is 0.412. The van der Waals surface area contributed by atoms with Crippen LogP contribution in [0.15, 0.2) is 22.5 Å². The Kier molecular flexibility index (Phi) is 7.86. The van der Waals surface area contributed by atoms with E-state index in [2.05, 4.69) is 20.8 Å². The largest absolute Gasteiger partial charge is 0.493 e. The van der Waals surface area contributed by atoms with Gasteiger partial charge in [0.25, 0.3) is 0 Å². The van der Waals surface area contributed by atoms with Crippen LogP contribution in [0.5, 0.6) is 11.5 Å². The van der Waals surface area contributed by atoms with Gasteiger partial charge in [0.2, 0.25) is 16.9 Å². The minimum atomic E-state index is -0.187. The Balaban J connectivity index is 1.84. The molecule has 27 heavy (non-hydrogen) atoms. The minimum absolute atomic E-state index is 0.0936. The van der Waals surface area contributed by atoms with Gasteiger partial charge in [0.15, 0.2) is 15.8 Å². The molecule has 0 aliphatic rings. The van der Waals surface area contributed by atoms with E-state index in [1.807, 2.05) is 13.8 Å². The molecule has 2 rings (SSSR count). The zero-order valence-corrected chi connectivity index (χ0v) is 17.2. The predicted molar refractivity (Wildman–Crippen MR) is 107 cm³/mol. The second kappa shape index (κ2) is 10.1. The van der Waals surface area contributed by atoms with Gasteiger partial charge in [-0.1, -0.05) is 36.9 Å². The third-order valence-electron chi connectivity index (χ3n) is 3.24. The number of methoxy groups -OCH3 is 2. The lowest BCUT2D eigenvalue weighted by Crippen LogP contribution is -2.14. The van der Waals surface area contributed by atoms with Crippen molar-refractivity contribution in [3.8, 4) is 11.5 Å². The first-order chi connectivity index (χ1) is 12.9. The molecule has 2 aromatic rings. The zero-order chi connectivity index (χ0) is 19.8. The number of anilines is 2. The topological polar surface area (TPSA) is 102 Å². The number of nitrogens with one attached hydrogen (secondary N) is 2. The van der Waals surface area contributed by atoms with Crippen molar-refractivity contribution >= 4 is 45.7 Å². The highest BCUT2D eigenvalue weighted by atomic mass is 32.2. The van der Waals surface area contributed by atoms with Crippen LogP contribution in [-0.4, -0.2) is 42.0 Å². The van der Waals surface area contributed by atoms with Crippen molar-refractivity contribution in [2.45, 2.75) is 24.6 Å². The molecular formula is C17H22N4O4S2. The molecule has 0 unspecified atom stereocenters. The van der Waals surface area contributed by atoms with Crippen LogP contribution >= 0.6 is 23.1 Å². The number of nitrogens with zero attached hydrogens (tertiary/aromatic N) is 2. The summed E-state index contributed by atoms with van der Waals surface area (Å²) in [7, 11) is 3.08. The number of hydrogen-bond acceptors (Lipinski definition) is 8. The molecule has 0 atom stereocenters. The SMILES string of the molecule is COc1ccc(NC(=O)CSc2nnc(NC(=O)CC(C)C)s2)cc1OC. The third-order valence-corrected chi connectivity index (χ3v) is 5.21. The van der Waals surface area contributed by atoms with Crippen molar-refractivity contribution in [1.82, 2.24) is 10.2 Å². The molecule has 0 saturated heterocycles. The van der Waals surface area contributed by atoms with Crippen LogP contribution < -0.4 is 20.1 Å². The number of thioether (sulfide) groups is 1. The molecule has 8 nitrogen and oxygen atoms in total. The van der Waals surface area contributed by atoms with Crippen LogP contribution in [0.4, 0.5) is 10.8 Å². The highest BCUT2D eigenvalue weighted by molar-refractivity contribution is 8.01. The predicted octanol–water partition coefficient (Wildman–Crippen LogP) is 3.27. The minimum Gasteiger partial charge on any atom is -0.493 e. The van der Waals surface area contributed by atoms with E-state index < -0.39 is 0 Å². The van der Waals surface area contributed by atoms with Gasteiger partial charge in [-0.15, -0.1) is 10.2 Å². The summed E-state index contributed by atoms with van der Waals surface area (Å²) in [5, 5.41) is 13.8. The smallest absolute Gasteiger partial charge is 0.234 e. The quantitative estimate of drug-likeness (QED) is 0.483. The number of benzene rings is 1. The summed E-state index contributed by atoms with van der Waals surface area (Å²) >= 11 is 2.49. The Labute approximate surface area is 166 Å². The Bertz CT molecular complexity index is 795. The van der Waals surface area contributed by atoms with Crippen LogP contribution in [0.25, 0.3) is 0 Å². The van der Waals surface area contributed by atoms with Gasteiger partial charge in [0.05, 0.1) is 20.0 Å². The number of amides is 2. The molecule has 1 aromatic carbocycles. The molecule has 1 aromatic heterocycles. The second-order valence-corrected chi connectivity index (χ2v) is 8.13. The average molecular weight is 411 g/mol. The molecule has 1 heterocycles. The van der Waals surface area contributed by atoms with Crippen LogP contribution in [0.2, 0.25) is 0 Å². The Morgan fingerprint density at radius 2 is 1.85 bits per heavy atom. The van der Waals surface area contributed by atoms with Crippen LogP contribution in [0.3, 0.4) is 0 Å². The number of ether oxygens (including phenoxy) is 2. The summed E-state index contributed by atoms with van der Waals surface area (Å²) in [5.41, 5.74) is 0.608. The highest BCUT2D eigenvalue weighted by Gasteiger charge is 2.12. The van der Waals surface area contributed by atoms with Gasteiger partial charge < -0.3 is 20.1 Å². The number of hydrogen-bond donors (Lipinski definition) is 2. The first-order valence-electron chi connectivity index (χ1n) is 8.19. The molecule has 0 aliphatic heterocycles. The molecule has 0 spiro atoms. The van der Waals surface area contributed by atoms with E-state index in [-0.39, 0.29) is 23.5 Å². The second-order valence-electron chi connectivity index (χ2n) is 5.93. The van der Waals surface area contributed by atoms with Crippen LogP contribution in [-0.2, 0) is 9.59 Å². The molecule has 0 saturated carbocycles. The summed E-state index contributed by atoms with van der Waals surface area (Å²) in [4.78, 5) is 23.9. The maximum absolute atomic E-state index is 12.1. The lowest BCUT2D eigenvalue weighted by atomic mass is 10.1. The summed E-state index contributed by atoms with van der Waals surface area (Å²) < 4.78 is 11.0. The maximum atomic E-state index is 12.1. The molecule has 2 amide bonds. The Morgan fingerprint density at radius 1 is 1.11 bits per heavy atom. The summed E-state index contributed by atoms with van der Waals surface area (Å²) in [6.45, 7) is 3.94. The molecule has 146 valence electrons. The summed E-state index contributed by atoms with van der Waals surface area (Å²) in [5.74, 6) is 1.28. The number of aromatic nitrogens is 2. The molecule has 2 N–H and O–H groups in total. The number of carbonyl (C=O) groups is 2. The van der Waals surface area contributed by atoms with Crippen molar-refractivity contribution in [3.05, 3.63) is 18.2 Å². The Morgan fingerprint density at radius 3 is 2.52 bits per heavy atom. The normalized spacial score (nSPS) is 10.6. The van der Waals surface area contributed by atoms with Crippen molar-refractivity contribution < 1.29 is 19.1 Å². The molecular weight excluding hydrogens is 388 g/mol. The van der Waals surface area contributed by atoms with Gasteiger partial charge in [0.1, 0.15) is 0 Å². The Hall–Kier alpha value is -2.33. The maximum Gasteiger partial charge on any atom is 0.234 e. The highest BCUT2D eigenvalue weighted by Crippen LogP contribution is 2.30. The first kappa shape index (κ1) is 21.0. The van der Waals surface area contributed by atoms with Gasteiger partial charge in [0, 0.05) is 18.2 Å². The lowest BCUT2D eigenvalue weighted by Gasteiger charge is -2.10. The van der Waals surface area contributed by atoms with Gasteiger partial charge >= 0.3 is 0 Å². The summed E-state index contributed by atoms with van der Waals surface area (Å²) in [6, 6.07) is 5.14. The van der Waals surface area contributed by atoms with E-state index in [9.17, 15) is 9.59 Å². The van der Waals surface area contributed by atoms with Crippen molar-refractivity contribution in [2.75, 3.05) is 30.6 Å². The van der Waals surface area contributed by atoms with Crippen molar-refractivity contribution in [1.29, 1.82) is 0 Å². The van der Waals surface area contributed by atoms with E-state index in [0.717, 1.165) is 0 Å². The summed E-state index contributed by atoms with van der Waals surface area (Å²) in [6.07, 6.45) is 0.426. The van der Waals surface area contributed by atoms with E-state index >= 15 is 0 Å². The van der Waals surface area contributed by atoms with Gasteiger partial charge in [-0.05, 0) is 18.1 Å². The molecule has 10 heteroatoms. The molecule has 0 fully saturated rings. The van der Waals surface area contributed by atoms with E-state index in [0.29, 0.717) is 33.1 Å². The molecule has 0 radical (unpaired) electrons. The van der Waals surface area contributed by atoms with E-state index in [1.54, 1.807) is 25.3 Å². The van der Waals surface area contributed by atoms with Gasteiger partial charge in [-0.3, -0.25) is 9.59 Å². The number of carbonyl (C=O) groups excluding carboxylic acids is 2. The lowest BCUT2D eigenvalue weighted by molar-refractivity contribution is -0.117. The first-order valence-corrected chi connectivity index (χ1v) is 9.99. The fourth-order valence-electron chi connectivity index (χ4n) is 2.10. The molecule has 0 aliphatic carbocycles. The third kappa shape index (κ3) is 6.72. The fourth-order valence-corrected chi connectivity index (χ4v) is 3.67. The monoisotopic (exact) mass is 410 g/mol. The van der Waals surface area contributed by atoms with Crippen LogP contribution in [0, 0.1) is 5.92 Å². The van der Waals surface area contributed by atoms with E-state index in [1.165, 1.54) is 30.2 Å². The average Bonchev–Trinajstić information content (AvgIpc) is 3.06. The van der Waals surface area contributed by atoms with Crippen molar-refractivity contribution in [3.63, 3.8) is 0 Å².